The summed E-state index contributed by atoms with van der Waals surface area (Å²) in [5.74, 6) is 3.43. The molecule has 0 aromatic carbocycles. The molecule has 4 atom stereocenters. The number of hydrogen-bond acceptors (Lipinski definition) is 2. The van der Waals surface area contributed by atoms with Gasteiger partial charge in [-0.1, -0.05) is 47.5 Å². The van der Waals surface area contributed by atoms with Crippen molar-refractivity contribution in [3.63, 3.8) is 0 Å². The van der Waals surface area contributed by atoms with E-state index in [0.29, 0.717) is 6.79 Å². The zero-order valence-electron chi connectivity index (χ0n) is 16.2. The Labute approximate surface area is 140 Å². The summed E-state index contributed by atoms with van der Waals surface area (Å²) in [6.45, 7) is 16.0. The van der Waals surface area contributed by atoms with Crippen molar-refractivity contribution in [2.45, 2.75) is 86.5 Å². The van der Waals surface area contributed by atoms with Gasteiger partial charge in [-0.3, -0.25) is 0 Å². The quantitative estimate of drug-likeness (QED) is 0.261. The average Bonchev–Trinajstić information content (AvgIpc) is 2.42. The smallest absolute Gasteiger partial charge is 0.146 e. The van der Waals surface area contributed by atoms with Gasteiger partial charge in [-0.05, 0) is 62.7 Å². The lowest BCUT2D eigenvalue weighted by Crippen LogP contribution is -2.11. The molecular formula is C20H42O2. The molecule has 0 aromatic rings. The zero-order chi connectivity index (χ0) is 16.8. The lowest BCUT2D eigenvalue weighted by atomic mass is 9.84. The van der Waals surface area contributed by atoms with Crippen LogP contribution in [-0.4, -0.2) is 20.0 Å². The SMILES string of the molecule is CCCC(C)CC(C)CC(C)CC(C)CCCOCOCC. The fourth-order valence-electron chi connectivity index (χ4n) is 3.72. The van der Waals surface area contributed by atoms with Crippen molar-refractivity contribution >= 4 is 0 Å². The Bertz CT molecular complexity index is 230. The molecular weight excluding hydrogens is 272 g/mol. The molecule has 0 saturated heterocycles. The third kappa shape index (κ3) is 13.6. The van der Waals surface area contributed by atoms with Crippen LogP contribution in [-0.2, 0) is 9.47 Å². The van der Waals surface area contributed by atoms with Crippen LogP contribution in [0.3, 0.4) is 0 Å². The third-order valence-electron chi connectivity index (χ3n) is 4.55. The highest BCUT2D eigenvalue weighted by Gasteiger charge is 2.14. The molecule has 0 aliphatic heterocycles. The van der Waals surface area contributed by atoms with Crippen molar-refractivity contribution in [1.29, 1.82) is 0 Å². The fourth-order valence-corrected chi connectivity index (χ4v) is 3.72. The maximum Gasteiger partial charge on any atom is 0.146 e. The minimum absolute atomic E-state index is 0.453. The largest absolute Gasteiger partial charge is 0.356 e. The predicted molar refractivity (Wildman–Crippen MR) is 97.1 cm³/mol. The molecule has 0 aromatic heterocycles. The summed E-state index contributed by atoms with van der Waals surface area (Å²) in [5, 5.41) is 0. The second-order valence-corrected chi connectivity index (χ2v) is 7.58. The van der Waals surface area contributed by atoms with Crippen LogP contribution < -0.4 is 0 Å². The van der Waals surface area contributed by atoms with Crippen molar-refractivity contribution in [3.05, 3.63) is 0 Å². The highest BCUT2D eigenvalue weighted by molar-refractivity contribution is 4.66. The number of ether oxygens (including phenoxy) is 2. The van der Waals surface area contributed by atoms with E-state index in [-0.39, 0.29) is 0 Å². The first kappa shape index (κ1) is 21.9. The van der Waals surface area contributed by atoms with Crippen LogP contribution in [0.4, 0.5) is 0 Å². The molecule has 0 aliphatic carbocycles. The summed E-state index contributed by atoms with van der Waals surface area (Å²) in [4.78, 5) is 0. The maximum atomic E-state index is 5.44. The van der Waals surface area contributed by atoms with Gasteiger partial charge in [0.2, 0.25) is 0 Å². The van der Waals surface area contributed by atoms with Gasteiger partial charge in [0.1, 0.15) is 6.79 Å². The second-order valence-electron chi connectivity index (χ2n) is 7.58. The average molecular weight is 315 g/mol. The summed E-state index contributed by atoms with van der Waals surface area (Å²) in [7, 11) is 0. The minimum Gasteiger partial charge on any atom is -0.356 e. The molecule has 2 heteroatoms. The second kappa shape index (κ2) is 14.5. The van der Waals surface area contributed by atoms with E-state index in [0.717, 1.165) is 43.3 Å². The molecule has 4 unspecified atom stereocenters. The summed E-state index contributed by atoms with van der Waals surface area (Å²) < 4.78 is 10.6. The van der Waals surface area contributed by atoms with Crippen LogP contribution in [0.15, 0.2) is 0 Å². The Balaban J connectivity index is 3.65. The molecule has 22 heavy (non-hydrogen) atoms. The van der Waals surface area contributed by atoms with Crippen LogP contribution in [0.1, 0.15) is 86.5 Å². The van der Waals surface area contributed by atoms with Crippen LogP contribution >= 0.6 is 0 Å². The van der Waals surface area contributed by atoms with Crippen molar-refractivity contribution in [1.82, 2.24) is 0 Å². The lowest BCUT2D eigenvalue weighted by Gasteiger charge is -2.22. The standard InChI is InChI=1S/C20H42O2/c1-7-10-17(3)13-19(5)15-20(6)14-18(4)11-9-12-22-16-21-8-2/h17-20H,7-16H2,1-6H3. The van der Waals surface area contributed by atoms with Crippen LogP contribution in [0, 0.1) is 23.7 Å². The highest BCUT2D eigenvalue weighted by atomic mass is 16.7. The Morgan fingerprint density at radius 3 is 1.77 bits per heavy atom. The van der Waals surface area contributed by atoms with E-state index in [1.807, 2.05) is 6.92 Å². The molecule has 0 fully saturated rings. The van der Waals surface area contributed by atoms with E-state index >= 15 is 0 Å². The van der Waals surface area contributed by atoms with Crippen LogP contribution in [0.2, 0.25) is 0 Å². The van der Waals surface area contributed by atoms with Gasteiger partial charge in [0.25, 0.3) is 0 Å². The lowest BCUT2D eigenvalue weighted by molar-refractivity contribution is -0.0508. The fraction of sp³-hybridized carbons (Fsp3) is 1.00. The first-order chi connectivity index (χ1) is 10.5. The molecule has 0 radical (unpaired) electrons. The molecule has 0 aliphatic rings. The van der Waals surface area contributed by atoms with Gasteiger partial charge in [0, 0.05) is 13.2 Å². The van der Waals surface area contributed by atoms with Gasteiger partial charge in [-0.2, -0.15) is 0 Å². The van der Waals surface area contributed by atoms with Gasteiger partial charge in [-0.25, -0.2) is 0 Å². The maximum absolute atomic E-state index is 5.44. The topological polar surface area (TPSA) is 18.5 Å². The van der Waals surface area contributed by atoms with E-state index in [4.69, 9.17) is 9.47 Å². The molecule has 0 spiro atoms. The summed E-state index contributed by atoms with van der Waals surface area (Å²) in [5.41, 5.74) is 0. The van der Waals surface area contributed by atoms with Crippen molar-refractivity contribution in [2.75, 3.05) is 20.0 Å². The van der Waals surface area contributed by atoms with Crippen LogP contribution in [0.25, 0.3) is 0 Å². The monoisotopic (exact) mass is 314 g/mol. The van der Waals surface area contributed by atoms with Gasteiger partial charge in [-0.15, -0.1) is 0 Å². The predicted octanol–water partition coefficient (Wildman–Crippen LogP) is 6.29. The van der Waals surface area contributed by atoms with Crippen molar-refractivity contribution < 1.29 is 9.47 Å². The van der Waals surface area contributed by atoms with Crippen LogP contribution in [0.5, 0.6) is 0 Å². The minimum atomic E-state index is 0.453. The van der Waals surface area contributed by atoms with E-state index in [1.54, 1.807) is 0 Å². The van der Waals surface area contributed by atoms with E-state index < -0.39 is 0 Å². The van der Waals surface area contributed by atoms with Crippen molar-refractivity contribution in [2.24, 2.45) is 23.7 Å². The first-order valence-corrected chi connectivity index (χ1v) is 9.64. The van der Waals surface area contributed by atoms with E-state index in [2.05, 4.69) is 34.6 Å². The summed E-state index contributed by atoms with van der Waals surface area (Å²) in [6, 6.07) is 0. The van der Waals surface area contributed by atoms with Gasteiger partial charge in [0.15, 0.2) is 0 Å². The van der Waals surface area contributed by atoms with Crippen molar-refractivity contribution in [3.8, 4) is 0 Å². The molecule has 0 bridgehead atoms. The highest BCUT2D eigenvalue weighted by Crippen LogP contribution is 2.26. The Morgan fingerprint density at radius 1 is 0.682 bits per heavy atom. The Morgan fingerprint density at radius 2 is 1.23 bits per heavy atom. The third-order valence-corrected chi connectivity index (χ3v) is 4.55. The number of hydrogen-bond donors (Lipinski definition) is 0. The summed E-state index contributed by atoms with van der Waals surface area (Å²) >= 11 is 0. The van der Waals surface area contributed by atoms with E-state index in [1.165, 1.54) is 38.5 Å². The Kier molecular flexibility index (Phi) is 14.5. The van der Waals surface area contributed by atoms with Gasteiger partial charge >= 0.3 is 0 Å². The molecule has 134 valence electrons. The van der Waals surface area contributed by atoms with Gasteiger partial charge < -0.3 is 9.47 Å². The van der Waals surface area contributed by atoms with Gasteiger partial charge in [0.05, 0.1) is 0 Å². The molecule has 0 rings (SSSR count). The normalized spacial score (nSPS) is 17.2. The van der Waals surface area contributed by atoms with E-state index in [9.17, 15) is 0 Å². The molecule has 0 N–H and O–H groups in total. The molecule has 0 heterocycles. The first-order valence-electron chi connectivity index (χ1n) is 9.64. The molecule has 2 nitrogen and oxygen atoms in total. The number of rotatable bonds is 15. The zero-order valence-corrected chi connectivity index (χ0v) is 16.2. The molecule has 0 saturated carbocycles. The summed E-state index contributed by atoms with van der Waals surface area (Å²) in [6.07, 6.45) is 9.29. The molecule has 0 amide bonds. The Hall–Kier alpha value is -0.0800.